The standard InChI is InChI=1S/C13H15F3N2O3/c14-13(15,16)11-7-9(3-6-12(11)18(20)21)17-8-1-4-10(19)5-2-8/h3,6-8,10,17,19H,1-2,4-5H2. The van der Waals surface area contributed by atoms with E-state index in [1.165, 1.54) is 6.07 Å². The van der Waals surface area contributed by atoms with E-state index in [-0.39, 0.29) is 17.8 Å². The van der Waals surface area contributed by atoms with Crippen molar-refractivity contribution in [2.75, 3.05) is 5.32 Å². The van der Waals surface area contributed by atoms with Crippen LogP contribution < -0.4 is 5.32 Å². The topological polar surface area (TPSA) is 75.4 Å². The minimum Gasteiger partial charge on any atom is -0.393 e. The maximum Gasteiger partial charge on any atom is 0.423 e. The van der Waals surface area contributed by atoms with Gasteiger partial charge in [-0.2, -0.15) is 13.2 Å². The molecule has 0 atom stereocenters. The van der Waals surface area contributed by atoms with Crippen molar-refractivity contribution in [3.05, 3.63) is 33.9 Å². The Morgan fingerprint density at radius 1 is 1.24 bits per heavy atom. The molecule has 2 rings (SSSR count). The third kappa shape index (κ3) is 3.84. The fraction of sp³-hybridized carbons (Fsp3) is 0.538. The molecule has 5 nitrogen and oxygen atoms in total. The average molecular weight is 304 g/mol. The maximum absolute atomic E-state index is 12.9. The quantitative estimate of drug-likeness (QED) is 0.663. The summed E-state index contributed by atoms with van der Waals surface area (Å²) < 4.78 is 38.6. The van der Waals surface area contributed by atoms with Gasteiger partial charge in [-0.05, 0) is 37.8 Å². The van der Waals surface area contributed by atoms with Gasteiger partial charge < -0.3 is 10.4 Å². The SMILES string of the molecule is O=[N+]([O-])c1ccc(NC2CCC(O)CC2)cc1C(F)(F)F. The molecule has 0 spiro atoms. The van der Waals surface area contributed by atoms with Crippen molar-refractivity contribution in [2.45, 2.75) is 44.0 Å². The summed E-state index contributed by atoms with van der Waals surface area (Å²) >= 11 is 0. The Hall–Kier alpha value is -1.83. The van der Waals surface area contributed by atoms with Gasteiger partial charge in [0.15, 0.2) is 0 Å². The van der Waals surface area contributed by atoms with Gasteiger partial charge in [0.05, 0.1) is 11.0 Å². The number of nitro benzene ring substituents is 1. The lowest BCUT2D eigenvalue weighted by Gasteiger charge is -2.27. The van der Waals surface area contributed by atoms with E-state index in [1.54, 1.807) is 0 Å². The Morgan fingerprint density at radius 2 is 1.86 bits per heavy atom. The number of halogens is 3. The molecule has 1 fully saturated rings. The minimum atomic E-state index is -4.77. The van der Waals surface area contributed by atoms with Crippen LogP contribution in [0.2, 0.25) is 0 Å². The van der Waals surface area contributed by atoms with Crippen LogP contribution in [0.4, 0.5) is 24.5 Å². The van der Waals surface area contributed by atoms with Gasteiger partial charge >= 0.3 is 6.18 Å². The molecule has 0 amide bonds. The molecule has 0 aliphatic heterocycles. The monoisotopic (exact) mass is 304 g/mol. The van der Waals surface area contributed by atoms with E-state index < -0.39 is 22.4 Å². The summed E-state index contributed by atoms with van der Waals surface area (Å²) in [4.78, 5) is 9.63. The molecule has 0 saturated heterocycles. The number of hydrogen-bond acceptors (Lipinski definition) is 4. The first-order valence-electron chi connectivity index (χ1n) is 6.57. The molecule has 1 aliphatic carbocycles. The summed E-state index contributed by atoms with van der Waals surface area (Å²) in [6, 6.07) is 2.88. The summed E-state index contributed by atoms with van der Waals surface area (Å²) in [6.07, 6.45) is -2.64. The number of rotatable bonds is 3. The van der Waals surface area contributed by atoms with E-state index in [9.17, 15) is 28.4 Å². The van der Waals surface area contributed by atoms with Gasteiger partial charge in [-0.25, -0.2) is 0 Å². The maximum atomic E-state index is 12.9. The number of nitro groups is 1. The molecule has 0 heterocycles. The Balaban J connectivity index is 2.20. The fourth-order valence-electron chi connectivity index (χ4n) is 2.47. The van der Waals surface area contributed by atoms with E-state index in [0.29, 0.717) is 25.7 Å². The van der Waals surface area contributed by atoms with Crippen molar-refractivity contribution < 1.29 is 23.2 Å². The summed E-state index contributed by atoms with van der Waals surface area (Å²) in [5.74, 6) is 0. The number of aliphatic hydroxyl groups excluding tert-OH is 1. The number of nitrogens with one attached hydrogen (secondary N) is 1. The van der Waals surface area contributed by atoms with Crippen molar-refractivity contribution in [1.82, 2.24) is 0 Å². The van der Waals surface area contributed by atoms with Crippen LogP contribution in [0.15, 0.2) is 18.2 Å². The van der Waals surface area contributed by atoms with Crippen molar-refractivity contribution in [3.63, 3.8) is 0 Å². The third-order valence-electron chi connectivity index (χ3n) is 3.57. The first-order chi connectivity index (χ1) is 9.77. The number of hydrogen-bond donors (Lipinski definition) is 2. The molecule has 116 valence electrons. The van der Waals surface area contributed by atoms with Crippen LogP contribution in [0.5, 0.6) is 0 Å². The second-order valence-corrected chi connectivity index (χ2v) is 5.14. The van der Waals surface area contributed by atoms with Crippen LogP contribution in [0, 0.1) is 10.1 Å². The van der Waals surface area contributed by atoms with Crippen LogP contribution in [0.25, 0.3) is 0 Å². The normalized spacial score (nSPS) is 22.9. The van der Waals surface area contributed by atoms with Gasteiger partial charge in [-0.1, -0.05) is 0 Å². The molecule has 0 unspecified atom stereocenters. The van der Waals surface area contributed by atoms with E-state index in [2.05, 4.69) is 5.32 Å². The lowest BCUT2D eigenvalue weighted by atomic mass is 9.93. The molecule has 0 aromatic heterocycles. The van der Waals surface area contributed by atoms with E-state index in [1.807, 2.05) is 0 Å². The molecule has 0 bridgehead atoms. The molecule has 2 N–H and O–H groups in total. The number of nitrogens with zero attached hydrogens (tertiary/aromatic N) is 1. The van der Waals surface area contributed by atoms with Crippen LogP contribution >= 0.6 is 0 Å². The van der Waals surface area contributed by atoms with Crippen LogP contribution in [-0.4, -0.2) is 22.2 Å². The summed E-state index contributed by atoms with van der Waals surface area (Å²) in [5.41, 5.74) is -2.00. The van der Waals surface area contributed by atoms with Crippen molar-refractivity contribution >= 4 is 11.4 Å². The highest BCUT2D eigenvalue weighted by Gasteiger charge is 2.38. The molecule has 21 heavy (non-hydrogen) atoms. The number of anilines is 1. The number of aliphatic hydroxyl groups is 1. The van der Waals surface area contributed by atoms with Crippen molar-refractivity contribution in [1.29, 1.82) is 0 Å². The van der Waals surface area contributed by atoms with Crippen molar-refractivity contribution in [3.8, 4) is 0 Å². The number of alkyl halides is 3. The van der Waals surface area contributed by atoms with Gasteiger partial charge in [0.1, 0.15) is 5.56 Å². The second-order valence-electron chi connectivity index (χ2n) is 5.14. The molecule has 8 heteroatoms. The molecule has 0 radical (unpaired) electrons. The summed E-state index contributed by atoms with van der Waals surface area (Å²) in [6.45, 7) is 0. The van der Waals surface area contributed by atoms with Gasteiger partial charge in [0.25, 0.3) is 5.69 Å². The first-order valence-corrected chi connectivity index (χ1v) is 6.57. The van der Waals surface area contributed by atoms with Gasteiger partial charge in [0, 0.05) is 17.8 Å². The fourth-order valence-corrected chi connectivity index (χ4v) is 2.47. The zero-order valence-corrected chi connectivity index (χ0v) is 11.1. The van der Waals surface area contributed by atoms with Crippen molar-refractivity contribution in [2.24, 2.45) is 0 Å². The molecule has 1 aromatic carbocycles. The molecule has 1 aromatic rings. The molecular weight excluding hydrogens is 289 g/mol. The van der Waals surface area contributed by atoms with E-state index in [0.717, 1.165) is 12.1 Å². The zero-order chi connectivity index (χ0) is 15.6. The average Bonchev–Trinajstić information content (AvgIpc) is 2.40. The lowest BCUT2D eigenvalue weighted by molar-refractivity contribution is -0.388. The summed E-state index contributed by atoms with van der Waals surface area (Å²) in [7, 11) is 0. The van der Waals surface area contributed by atoms with Crippen LogP contribution in [0.3, 0.4) is 0 Å². The van der Waals surface area contributed by atoms with Crippen LogP contribution in [-0.2, 0) is 6.18 Å². The Labute approximate surface area is 118 Å². The highest BCUT2D eigenvalue weighted by Crippen LogP contribution is 2.38. The lowest BCUT2D eigenvalue weighted by Crippen LogP contribution is -2.28. The number of benzene rings is 1. The molecular formula is C13H15F3N2O3. The van der Waals surface area contributed by atoms with E-state index in [4.69, 9.17) is 0 Å². The molecule has 1 aliphatic rings. The predicted molar refractivity (Wildman–Crippen MR) is 70.0 cm³/mol. The van der Waals surface area contributed by atoms with E-state index >= 15 is 0 Å². The predicted octanol–water partition coefficient (Wildman–Crippen LogP) is 3.33. The zero-order valence-electron chi connectivity index (χ0n) is 11.1. The van der Waals surface area contributed by atoms with Crippen LogP contribution in [0.1, 0.15) is 31.2 Å². The largest absolute Gasteiger partial charge is 0.423 e. The first kappa shape index (κ1) is 15.6. The second kappa shape index (κ2) is 5.88. The van der Waals surface area contributed by atoms with Gasteiger partial charge in [-0.3, -0.25) is 10.1 Å². The highest BCUT2D eigenvalue weighted by atomic mass is 19.4. The third-order valence-corrected chi connectivity index (χ3v) is 3.57. The highest BCUT2D eigenvalue weighted by molar-refractivity contribution is 5.55. The molecule has 1 saturated carbocycles. The Bertz CT molecular complexity index is 526. The minimum absolute atomic E-state index is 0.0315. The van der Waals surface area contributed by atoms with Gasteiger partial charge in [0.2, 0.25) is 0 Å². The van der Waals surface area contributed by atoms with Gasteiger partial charge in [-0.15, -0.1) is 0 Å². The Kier molecular flexibility index (Phi) is 4.36. The Morgan fingerprint density at radius 3 is 2.38 bits per heavy atom. The smallest absolute Gasteiger partial charge is 0.393 e. The summed E-state index contributed by atoms with van der Waals surface area (Å²) in [5, 5.41) is 23.0.